The van der Waals surface area contributed by atoms with E-state index in [9.17, 15) is 4.79 Å². The Labute approximate surface area is 87.7 Å². The summed E-state index contributed by atoms with van der Waals surface area (Å²) < 4.78 is 5.44. The van der Waals surface area contributed by atoms with Gasteiger partial charge in [0.15, 0.2) is 0 Å². The molecule has 0 bridgehead atoms. The molecule has 0 saturated carbocycles. The topological polar surface area (TPSA) is 72.5 Å². The van der Waals surface area contributed by atoms with Crippen molar-refractivity contribution in [1.29, 1.82) is 0 Å². The Morgan fingerprint density at radius 1 is 1.60 bits per heavy atom. The molecule has 0 aliphatic carbocycles. The van der Waals surface area contributed by atoms with Gasteiger partial charge in [-0.15, -0.1) is 0 Å². The van der Waals surface area contributed by atoms with Gasteiger partial charge in [0.05, 0.1) is 12.2 Å². The van der Waals surface area contributed by atoms with Gasteiger partial charge in [0.1, 0.15) is 5.75 Å². The average Bonchev–Trinajstić information content (AvgIpc) is 2.16. The standard InChI is InChI=1S/C11H13NO3/c1-6-4-10-8(5-7(6)11(13)14)9(12)2-3-15-10/h4-5,9H,2-3,12H2,1H3,(H,13,14)/t9-/m1/s1. The molecule has 1 heterocycles. The lowest BCUT2D eigenvalue weighted by molar-refractivity contribution is 0.0696. The molecule has 0 unspecified atom stereocenters. The van der Waals surface area contributed by atoms with Gasteiger partial charge >= 0.3 is 5.97 Å². The molecule has 4 heteroatoms. The molecule has 0 saturated heterocycles. The molecule has 1 atom stereocenters. The fourth-order valence-electron chi connectivity index (χ4n) is 1.79. The van der Waals surface area contributed by atoms with Crippen molar-refractivity contribution in [2.45, 2.75) is 19.4 Å². The molecular formula is C11H13NO3. The Balaban J connectivity index is 2.55. The molecule has 2 rings (SSSR count). The number of carboxylic acid groups (broad SMARTS) is 1. The van der Waals surface area contributed by atoms with Gasteiger partial charge in [0.2, 0.25) is 0 Å². The first-order chi connectivity index (χ1) is 7.09. The van der Waals surface area contributed by atoms with Crippen molar-refractivity contribution in [3.05, 3.63) is 28.8 Å². The summed E-state index contributed by atoms with van der Waals surface area (Å²) in [6.45, 7) is 2.35. The molecule has 80 valence electrons. The summed E-state index contributed by atoms with van der Waals surface area (Å²) >= 11 is 0. The quantitative estimate of drug-likeness (QED) is 0.731. The number of nitrogens with two attached hydrogens (primary N) is 1. The van der Waals surface area contributed by atoms with Crippen LogP contribution in [0.2, 0.25) is 0 Å². The van der Waals surface area contributed by atoms with E-state index >= 15 is 0 Å². The van der Waals surface area contributed by atoms with Gasteiger partial charge in [-0.3, -0.25) is 0 Å². The molecule has 0 fully saturated rings. The van der Waals surface area contributed by atoms with E-state index in [0.29, 0.717) is 17.7 Å². The van der Waals surface area contributed by atoms with Crippen LogP contribution in [0, 0.1) is 6.92 Å². The third-order valence-corrected chi connectivity index (χ3v) is 2.67. The molecule has 1 aliphatic rings. The summed E-state index contributed by atoms with van der Waals surface area (Å²) in [7, 11) is 0. The molecule has 1 aromatic rings. The van der Waals surface area contributed by atoms with Crippen molar-refractivity contribution in [3.8, 4) is 5.75 Å². The fourth-order valence-corrected chi connectivity index (χ4v) is 1.79. The van der Waals surface area contributed by atoms with E-state index < -0.39 is 5.97 Å². The molecular weight excluding hydrogens is 194 g/mol. The van der Waals surface area contributed by atoms with Crippen molar-refractivity contribution in [1.82, 2.24) is 0 Å². The maximum Gasteiger partial charge on any atom is 0.335 e. The Morgan fingerprint density at radius 3 is 3.00 bits per heavy atom. The maximum absolute atomic E-state index is 10.9. The Bertz CT molecular complexity index is 415. The van der Waals surface area contributed by atoms with Crippen LogP contribution in [0.3, 0.4) is 0 Å². The van der Waals surface area contributed by atoms with E-state index in [4.69, 9.17) is 15.6 Å². The first-order valence-electron chi connectivity index (χ1n) is 4.86. The van der Waals surface area contributed by atoms with E-state index in [-0.39, 0.29) is 6.04 Å². The van der Waals surface area contributed by atoms with Crippen LogP contribution in [-0.4, -0.2) is 17.7 Å². The van der Waals surface area contributed by atoms with Crippen molar-refractivity contribution in [2.75, 3.05) is 6.61 Å². The number of benzene rings is 1. The Hall–Kier alpha value is -1.55. The zero-order chi connectivity index (χ0) is 11.0. The molecule has 0 radical (unpaired) electrons. The van der Waals surface area contributed by atoms with Crippen molar-refractivity contribution < 1.29 is 14.6 Å². The lowest BCUT2D eigenvalue weighted by Gasteiger charge is -2.23. The van der Waals surface area contributed by atoms with Crippen LogP contribution in [0.15, 0.2) is 12.1 Å². The highest BCUT2D eigenvalue weighted by atomic mass is 16.5. The minimum Gasteiger partial charge on any atom is -0.493 e. The third kappa shape index (κ3) is 1.68. The van der Waals surface area contributed by atoms with E-state index in [1.165, 1.54) is 0 Å². The maximum atomic E-state index is 10.9. The number of hydrogen-bond donors (Lipinski definition) is 2. The predicted molar refractivity (Wildman–Crippen MR) is 55.2 cm³/mol. The highest BCUT2D eigenvalue weighted by Gasteiger charge is 2.21. The van der Waals surface area contributed by atoms with E-state index in [0.717, 1.165) is 17.7 Å². The molecule has 15 heavy (non-hydrogen) atoms. The lowest BCUT2D eigenvalue weighted by Crippen LogP contribution is -2.21. The van der Waals surface area contributed by atoms with Gasteiger partial charge < -0.3 is 15.6 Å². The normalized spacial score (nSPS) is 19.2. The molecule has 0 aromatic heterocycles. The second-order valence-corrected chi connectivity index (χ2v) is 3.75. The van der Waals surface area contributed by atoms with E-state index in [1.807, 2.05) is 0 Å². The van der Waals surface area contributed by atoms with Gasteiger partial charge in [-0.2, -0.15) is 0 Å². The monoisotopic (exact) mass is 207 g/mol. The third-order valence-electron chi connectivity index (χ3n) is 2.67. The van der Waals surface area contributed by atoms with Gasteiger partial charge in [-0.1, -0.05) is 0 Å². The number of rotatable bonds is 1. The van der Waals surface area contributed by atoms with Crippen LogP contribution in [0.1, 0.15) is 33.9 Å². The summed E-state index contributed by atoms with van der Waals surface area (Å²) in [5.41, 5.74) is 7.69. The van der Waals surface area contributed by atoms with Crippen LogP contribution < -0.4 is 10.5 Å². The molecule has 1 aromatic carbocycles. The van der Waals surface area contributed by atoms with Gasteiger partial charge in [0, 0.05) is 18.0 Å². The van der Waals surface area contributed by atoms with Crippen molar-refractivity contribution >= 4 is 5.97 Å². The number of hydrogen-bond acceptors (Lipinski definition) is 3. The summed E-state index contributed by atoms with van der Waals surface area (Å²) in [4.78, 5) is 10.9. The first kappa shape index (κ1) is 9.98. The number of aryl methyl sites for hydroxylation is 1. The number of fused-ring (bicyclic) bond motifs is 1. The molecule has 1 aliphatic heterocycles. The Kier molecular flexibility index (Phi) is 2.36. The number of aromatic carboxylic acids is 1. The average molecular weight is 207 g/mol. The van der Waals surface area contributed by atoms with Crippen molar-refractivity contribution in [2.24, 2.45) is 5.73 Å². The zero-order valence-electron chi connectivity index (χ0n) is 8.49. The molecule has 4 nitrogen and oxygen atoms in total. The van der Waals surface area contributed by atoms with Gasteiger partial charge in [-0.05, 0) is 24.6 Å². The predicted octanol–water partition coefficient (Wildman–Crippen LogP) is 1.48. The van der Waals surface area contributed by atoms with Crippen LogP contribution in [0.5, 0.6) is 5.75 Å². The minimum absolute atomic E-state index is 0.118. The summed E-state index contributed by atoms with van der Waals surface area (Å²) in [5, 5.41) is 8.97. The largest absolute Gasteiger partial charge is 0.493 e. The SMILES string of the molecule is Cc1cc2c(cc1C(=O)O)[C@H](N)CCO2. The zero-order valence-corrected chi connectivity index (χ0v) is 8.49. The van der Waals surface area contributed by atoms with Crippen LogP contribution in [-0.2, 0) is 0 Å². The molecule has 3 N–H and O–H groups in total. The first-order valence-corrected chi connectivity index (χ1v) is 4.86. The Morgan fingerprint density at radius 2 is 2.33 bits per heavy atom. The number of carbonyl (C=O) groups is 1. The molecule has 0 spiro atoms. The minimum atomic E-state index is -0.923. The summed E-state index contributed by atoms with van der Waals surface area (Å²) in [5.74, 6) is -0.204. The van der Waals surface area contributed by atoms with Crippen molar-refractivity contribution in [3.63, 3.8) is 0 Å². The number of carboxylic acids is 1. The lowest BCUT2D eigenvalue weighted by atomic mass is 9.96. The van der Waals surface area contributed by atoms with Gasteiger partial charge in [0.25, 0.3) is 0 Å². The smallest absolute Gasteiger partial charge is 0.335 e. The second-order valence-electron chi connectivity index (χ2n) is 3.75. The second kappa shape index (κ2) is 3.55. The van der Waals surface area contributed by atoms with Gasteiger partial charge in [-0.25, -0.2) is 4.79 Å². The molecule has 0 amide bonds. The highest BCUT2D eigenvalue weighted by molar-refractivity contribution is 5.90. The van der Waals surface area contributed by atoms with Crippen LogP contribution >= 0.6 is 0 Å². The fraction of sp³-hybridized carbons (Fsp3) is 0.364. The highest BCUT2D eigenvalue weighted by Crippen LogP contribution is 2.32. The summed E-state index contributed by atoms with van der Waals surface area (Å²) in [6, 6.07) is 3.25. The van der Waals surface area contributed by atoms with Crippen LogP contribution in [0.25, 0.3) is 0 Å². The number of ether oxygens (including phenoxy) is 1. The van der Waals surface area contributed by atoms with E-state index in [1.54, 1.807) is 19.1 Å². The summed E-state index contributed by atoms with van der Waals surface area (Å²) in [6.07, 6.45) is 0.731. The van der Waals surface area contributed by atoms with E-state index in [2.05, 4.69) is 0 Å². The van der Waals surface area contributed by atoms with Crippen LogP contribution in [0.4, 0.5) is 0 Å².